The Hall–Kier alpha value is -2.62. The van der Waals surface area contributed by atoms with E-state index in [-0.39, 0.29) is 17.9 Å². The van der Waals surface area contributed by atoms with Gasteiger partial charge in [0.2, 0.25) is 5.91 Å². The fraction of sp³-hybridized carbons (Fsp3) is 0.391. The molecule has 140 valence electrons. The maximum Gasteiger partial charge on any atom is 0.259 e. The number of carbonyl (C=O) groups excluding carboxylic acids is 2. The van der Waals surface area contributed by atoms with Gasteiger partial charge in [-0.3, -0.25) is 14.5 Å². The average Bonchev–Trinajstić information content (AvgIpc) is 2.98. The maximum absolute atomic E-state index is 13.3. The summed E-state index contributed by atoms with van der Waals surface area (Å²) >= 11 is 0. The summed E-state index contributed by atoms with van der Waals surface area (Å²) in [5, 5.41) is 3.22. The zero-order valence-corrected chi connectivity index (χ0v) is 16.0. The van der Waals surface area contributed by atoms with Crippen molar-refractivity contribution in [2.45, 2.75) is 58.0 Å². The van der Waals surface area contributed by atoms with Gasteiger partial charge in [-0.25, -0.2) is 0 Å². The van der Waals surface area contributed by atoms with Crippen molar-refractivity contribution < 1.29 is 9.59 Å². The van der Waals surface area contributed by atoms with Crippen molar-refractivity contribution in [3.63, 3.8) is 0 Å². The van der Waals surface area contributed by atoms with Crippen molar-refractivity contribution in [2.24, 2.45) is 0 Å². The number of anilines is 1. The summed E-state index contributed by atoms with van der Waals surface area (Å²) in [7, 11) is 0. The highest BCUT2D eigenvalue weighted by molar-refractivity contribution is 6.15. The topological polar surface area (TPSA) is 49.4 Å². The van der Waals surface area contributed by atoms with Crippen LogP contribution in [0.5, 0.6) is 0 Å². The number of hydrogen-bond donors (Lipinski definition) is 1. The first kappa shape index (κ1) is 17.8. The highest BCUT2D eigenvalue weighted by Crippen LogP contribution is 2.38. The Morgan fingerprint density at radius 2 is 1.74 bits per heavy atom. The second-order valence-electron chi connectivity index (χ2n) is 7.78. The van der Waals surface area contributed by atoms with Gasteiger partial charge in [-0.1, -0.05) is 43.5 Å². The quantitative estimate of drug-likeness (QED) is 0.877. The summed E-state index contributed by atoms with van der Waals surface area (Å²) in [5.74, 6) is -0.170. The van der Waals surface area contributed by atoms with Crippen molar-refractivity contribution >= 4 is 17.5 Å². The Morgan fingerprint density at radius 3 is 2.48 bits per heavy atom. The monoisotopic (exact) mass is 362 g/mol. The molecule has 0 unspecified atom stereocenters. The first-order chi connectivity index (χ1) is 13.1. The van der Waals surface area contributed by atoms with Crippen molar-refractivity contribution in [1.82, 2.24) is 5.32 Å². The molecule has 1 aliphatic heterocycles. The normalized spacial score (nSPS) is 19.9. The summed E-state index contributed by atoms with van der Waals surface area (Å²) in [6.45, 7) is 4.08. The van der Waals surface area contributed by atoms with Gasteiger partial charge < -0.3 is 5.32 Å². The van der Waals surface area contributed by atoms with E-state index in [2.05, 4.69) is 5.32 Å². The number of carbonyl (C=O) groups is 2. The van der Waals surface area contributed by atoms with Crippen LogP contribution in [0.25, 0.3) is 0 Å². The van der Waals surface area contributed by atoms with Gasteiger partial charge in [-0.15, -0.1) is 0 Å². The molecule has 1 heterocycles. The Balaban J connectivity index is 1.71. The number of rotatable bonds is 3. The second kappa shape index (κ2) is 7.18. The van der Waals surface area contributed by atoms with E-state index >= 15 is 0 Å². The van der Waals surface area contributed by atoms with E-state index in [0.29, 0.717) is 5.56 Å². The Kier molecular flexibility index (Phi) is 4.73. The lowest BCUT2D eigenvalue weighted by molar-refractivity contribution is -0.123. The van der Waals surface area contributed by atoms with E-state index in [1.165, 1.54) is 12.0 Å². The van der Waals surface area contributed by atoms with Crippen LogP contribution in [0.2, 0.25) is 0 Å². The molecule has 4 nitrogen and oxygen atoms in total. The number of hydrogen-bond acceptors (Lipinski definition) is 2. The van der Waals surface area contributed by atoms with Crippen LogP contribution >= 0.6 is 0 Å². The van der Waals surface area contributed by atoms with Crippen molar-refractivity contribution in [3.05, 3.63) is 64.7 Å². The van der Waals surface area contributed by atoms with E-state index in [4.69, 9.17) is 0 Å². The van der Waals surface area contributed by atoms with Gasteiger partial charge >= 0.3 is 0 Å². The van der Waals surface area contributed by atoms with Crippen LogP contribution in [0, 0.1) is 13.8 Å². The molecule has 1 saturated carbocycles. The van der Waals surface area contributed by atoms with E-state index < -0.39 is 6.04 Å². The predicted molar refractivity (Wildman–Crippen MR) is 107 cm³/mol. The zero-order valence-electron chi connectivity index (χ0n) is 16.0. The molecule has 4 heteroatoms. The summed E-state index contributed by atoms with van der Waals surface area (Å²) in [6.07, 6.45) is 5.61. The fourth-order valence-corrected chi connectivity index (χ4v) is 4.24. The van der Waals surface area contributed by atoms with Gasteiger partial charge in [0, 0.05) is 17.3 Å². The second-order valence-corrected chi connectivity index (χ2v) is 7.78. The molecule has 2 aromatic carbocycles. The average molecular weight is 362 g/mol. The largest absolute Gasteiger partial charge is 0.351 e. The lowest BCUT2D eigenvalue weighted by atomic mass is 9.95. The molecule has 2 aliphatic rings. The van der Waals surface area contributed by atoms with Crippen LogP contribution in [0.4, 0.5) is 5.69 Å². The zero-order chi connectivity index (χ0) is 19.0. The molecular formula is C23H26N2O2. The number of amides is 2. The van der Waals surface area contributed by atoms with Crippen molar-refractivity contribution in [3.8, 4) is 0 Å². The molecule has 27 heavy (non-hydrogen) atoms. The maximum atomic E-state index is 13.3. The summed E-state index contributed by atoms with van der Waals surface area (Å²) in [4.78, 5) is 28.1. The van der Waals surface area contributed by atoms with Gasteiger partial charge in [-0.2, -0.15) is 0 Å². The summed E-state index contributed by atoms with van der Waals surface area (Å²) in [5.41, 5.74) is 4.49. The molecule has 0 radical (unpaired) electrons. The van der Waals surface area contributed by atoms with Gasteiger partial charge in [0.05, 0.1) is 0 Å². The minimum atomic E-state index is -0.599. The van der Waals surface area contributed by atoms with Crippen LogP contribution in [0.15, 0.2) is 42.5 Å². The summed E-state index contributed by atoms with van der Waals surface area (Å²) in [6, 6.07) is 13.0. The van der Waals surface area contributed by atoms with E-state index in [9.17, 15) is 9.59 Å². The molecule has 1 N–H and O–H groups in total. The molecule has 0 aromatic heterocycles. The van der Waals surface area contributed by atoms with Crippen LogP contribution in [-0.2, 0) is 4.79 Å². The molecule has 0 bridgehead atoms. The van der Waals surface area contributed by atoms with Crippen LogP contribution in [0.1, 0.15) is 65.2 Å². The Morgan fingerprint density at radius 1 is 1.00 bits per heavy atom. The lowest BCUT2D eigenvalue weighted by Gasteiger charge is -2.29. The van der Waals surface area contributed by atoms with Crippen molar-refractivity contribution in [1.29, 1.82) is 0 Å². The smallest absolute Gasteiger partial charge is 0.259 e. The molecule has 2 amide bonds. The number of fused-ring (bicyclic) bond motifs is 1. The molecule has 0 spiro atoms. The van der Waals surface area contributed by atoms with Gasteiger partial charge in [-0.05, 0) is 61.6 Å². The number of aryl methyl sites for hydroxylation is 2. The number of nitrogens with one attached hydrogen (secondary N) is 1. The highest BCUT2D eigenvalue weighted by atomic mass is 16.2. The number of nitrogens with zero attached hydrogens (tertiary/aromatic N) is 1. The standard InChI is InChI=1S/C23H26N2O2/c1-15-12-13-18(14-16(15)2)25-21(19-10-6-7-11-20(19)23(25)27)22(26)24-17-8-4-3-5-9-17/h6-7,10-14,17,21H,3-5,8-9H2,1-2H3,(H,24,26)/t21-/m1/s1. The molecule has 1 fully saturated rings. The predicted octanol–water partition coefficient (Wildman–Crippen LogP) is 4.45. The third-order valence-corrected chi connectivity index (χ3v) is 5.93. The minimum Gasteiger partial charge on any atom is -0.351 e. The van der Waals surface area contributed by atoms with Gasteiger partial charge in [0.15, 0.2) is 0 Å². The third-order valence-electron chi connectivity index (χ3n) is 5.93. The third kappa shape index (κ3) is 3.25. The van der Waals surface area contributed by atoms with Gasteiger partial charge in [0.1, 0.15) is 6.04 Å². The first-order valence-corrected chi connectivity index (χ1v) is 9.86. The lowest BCUT2D eigenvalue weighted by Crippen LogP contribution is -2.44. The van der Waals surface area contributed by atoms with E-state index in [0.717, 1.165) is 42.5 Å². The first-order valence-electron chi connectivity index (χ1n) is 9.86. The van der Waals surface area contributed by atoms with Gasteiger partial charge in [0.25, 0.3) is 5.91 Å². The Labute approximate surface area is 160 Å². The molecule has 1 atom stereocenters. The molecule has 2 aromatic rings. The van der Waals surface area contributed by atoms with E-state index in [1.807, 2.05) is 56.3 Å². The van der Waals surface area contributed by atoms with Crippen LogP contribution < -0.4 is 10.2 Å². The SMILES string of the molecule is Cc1ccc(N2C(=O)c3ccccc3[C@@H]2C(=O)NC2CCCCC2)cc1C. The Bertz CT molecular complexity index is 884. The van der Waals surface area contributed by atoms with Crippen LogP contribution in [0.3, 0.4) is 0 Å². The van der Waals surface area contributed by atoms with E-state index in [1.54, 1.807) is 4.90 Å². The molecule has 4 rings (SSSR count). The minimum absolute atomic E-state index is 0.0709. The molecule has 1 aliphatic carbocycles. The molecular weight excluding hydrogens is 336 g/mol. The number of benzene rings is 2. The van der Waals surface area contributed by atoms with Crippen LogP contribution in [-0.4, -0.2) is 17.9 Å². The van der Waals surface area contributed by atoms with Crippen molar-refractivity contribution in [2.75, 3.05) is 4.90 Å². The fourth-order valence-electron chi connectivity index (χ4n) is 4.24. The summed E-state index contributed by atoms with van der Waals surface area (Å²) < 4.78 is 0. The molecule has 0 saturated heterocycles. The highest BCUT2D eigenvalue weighted by Gasteiger charge is 2.42.